The molecule has 1 aromatic heterocycles. The van der Waals surface area contributed by atoms with Gasteiger partial charge in [0.15, 0.2) is 0 Å². The van der Waals surface area contributed by atoms with Crippen LogP contribution in [-0.2, 0) is 16.6 Å². The third kappa shape index (κ3) is 3.22. The number of nitrogens with zero attached hydrogens (tertiary/aromatic N) is 1. The maximum Gasteiger partial charge on any atom is 0.264 e. The number of aromatic nitrogens is 2. The maximum absolute atomic E-state index is 13.9. The summed E-state index contributed by atoms with van der Waals surface area (Å²) in [6, 6.07) is 4.01. The average Bonchev–Trinajstić information content (AvgIpc) is 2.72. The van der Waals surface area contributed by atoms with Gasteiger partial charge in [0, 0.05) is 6.54 Å². The van der Waals surface area contributed by atoms with E-state index in [-0.39, 0.29) is 4.90 Å². The van der Waals surface area contributed by atoms with Gasteiger partial charge < -0.3 is 5.32 Å². The minimum atomic E-state index is -4.01. The summed E-state index contributed by atoms with van der Waals surface area (Å²) in [6.45, 7) is 3.80. The van der Waals surface area contributed by atoms with Crippen molar-refractivity contribution in [2.75, 3.05) is 11.8 Å². The Morgan fingerprint density at radius 1 is 1.33 bits per heavy atom. The Morgan fingerprint density at radius 3 is 2.62 bits per heavy atom. The molecule has 0 aliphatic heterocycles. The first-order valence-corrected chi connectivity index (χ1v) is 7.81. The summed E-state index contributed by atoms with van der Waals surface area (Å²) >= 11 is 0. The van der Waals surface area contributed by atoms with Crippen molar-refractivity contribution >= 4 is 15.7 Å². The van der Waals surface area contributed by atoms with Gasteiger partial charge in [0.2, 0.25) is 0 Å². The van der Waals surface area contributed by atoms with E-state index in [0.717, 1.165) is 6.07 Å². The number of halogens is 1. The third-order valence-electron chi connectivity index (χ3n) is 3.03. The predicted molar refractivity (Wildman–Crippen MR) is 78.0 cm³/mol. The van der Waals surface area contributed by atoms with Crippen LogP contribution in [0.25, 0.3) is 0 Å². The number of rotatable bonds is 5. The van der Waals surface area contributed by atoms with Crippen LogP contribution in [-0.4, -0.2) is 25.7 Å². The van der Waals surface area contributed by atoms with Crippen molar-refractivity contribution in [1.82, 2.24) is 15.5 Å². The molecule has 6 nitrogen and oxygen atoms in total. The van der Waals surface area contributed by atoms with Gasteiger partial charge in [-0.1, -0.05) is 6.07 Å². The Hall–Kier alpha value is -1.93. The number of sulfonamides is 1. The number of hydrogen-bond acceptors (Lipinski definition) is 4. The van der Waals surface area contributed by atoms with Gasteiger partial charge in [0.25, 0.3) is 10.0 Å². The van der Waals surface area contributed by atoms with Crippen molar-refractivity contribution in [3.05, 3.63) is 41.0 Å². The zero-order valence-electron chi connectivity index (χ0n) is 12.0. The summed E-state index contributed by atoms with van der Waals surface area (Å²) in [6.07, 6.45) is 0. The molecule has 0 radical (unpaired) electrons. The Balaban J connectivity index is 2.42. The van der Waals surface area contributed by atoms with Crippen LogP contribution in [0.3, 0.4) is 0 Å². The molecular formula is C13H17FN4O2S. The number of anilines is 1. The first-order chi connectivity index (χ1) is 9.85. The van der Waals surface area contributed by atoms with E-state index >= 15 is 0 Å². The van der Waals surface area contributed by atoms with Gasteiger partial charge in [-0.25, -0.2) is 12.8 Å². The SMILES string of the molecule is CNCc1ccc(F)c(S(=O)(=O)Nc2c(C)n[nH]c2C)c1. The molecule has 2 rings (SSSR count). The van der Waals surface area contributed by atoms with Crippen molar-refractivity contribution < 1.29 is 12.8 Å². The fraction of sp³-hybridized carbons (Fsp3) is 0.308. The monoisotopic (exact) mass is 312 g/mol. The van der Waals surface area contributed by atoms with E-state index in [1.165, 1.54) is 6.07 Å². The molecule has 0 fully saturated rings. The molecule has 8 heteroatoms. The smallest absolute Gasteiger partial charge is 0.264 e. The molecule has 0 aliphatic carbocycles. The molecule has 0 amide bonds. The van der Waals surface area contributed by atoms with Crippen molar-refractivity contribution in [1.29, 1.82) is 0 Å². The van der Waals surface area contributed by atoms with E-state index in [0.29, 0.717) is 29.2 Å². The molecule has 1 heterocycles. The number of hydrogen-bond donors (Lipinski definition) is 3. The Morgan fingerprint density at radius 2 is 2.05 bits per heavy atom. The van der Waals surface area contributed by atoms with Crippen molar-refractivity contribution in [3.8, 4) is 0 Å². The maximum atomic E-state index is 13.9. The largest absolute Gasteiger partial charge is 0.316 e. The quantitative estimate of drug-likeness (QED) is 0.784. The second-order valence-electron chi connectivity index (χ2n) is 4.71. The van der Waals surface area contributed by atoms with Gasteiger partial charge in [-0.05, 0) is 38.6 Å². The van der Waals surface area contributed by atoms with Crippen LogP contribution in [0.15, 0.2) is 23.1 Å². The minimum absolute atomic E-state index is 0.341. The summed E-state index contributed by atoms with van der Waals surface area (Å²) < 4.78 is 41.0. The number of aryl methyl sites for hydroxylation is 2. The van der Waals surface area contributed by atoms with Crippen LogP contribution in [0.1, 0.15) is 17.0 Å². The highest BCUT2D eigenvalue weighted by Crippen LogP contribution is 2.23. The molecule has 114 valence electrons. The molecule has 2 aromatic rings. The number of benzene rings is 1. The van der Waals surface area contributed by atoms with E-state index in [1.54, 1.807) is 27.0 Å². The van der Waals surface area contributed by atoms with E-state index in [1.807, 2.05) is 0 Å². The lowest BCUT2D eigenvalue weighted by atomic mass is 10.2. The highest BCUT2D eigenvalue weighted by Gasteiger charge is 2.22. The lowest BCUT2D eigenvalue weighted by Crippen LogP contribution is -2.16. The average molecular weight is 312 g/mol. The van der Waals surface area contributed by atoms with Crippen LogP contribution >= 0.6 is 0 Å². The Labute approximate surface area is 122 Å². The Bertz CT molecular complexity index is 736. The first kappa shape index (κ1) is 15.5. The lowest BCUT2D eigenvalue weighted by molar-refractivity contribution is 0.569. The van der Waals surface area contributed by atoms with Gasteiger partial charge in [-0.3, -0.25) is 9.82 Å². The van der Waals surface area contributed by atoms with Gasteiger partial charge in [-0.15, -0.1) is 0 Å². The second kappa shape index (κ2) is 5.82. The normalized spacial score (nSPS) is 11.6. The lowest BCUT2D eigenvalue weighted by Gasteiger charge is -2.10. The summed E-state index contributed by atoms with van der Waals surface area (Å²) in [5.74, 6) is -0.791. The van der Waals surface area contributed by atoms with Crippen LogP contribution < -0.4 is 10.0 Å². The fourth-order valence-electron chi connectivity index (χ4n) is 1.96. The molecule has 3 N–H and O–H groups in total. The molecular weight excluding hydrogens is 295 g/mol. The van der Waals surface area contributed by atoms with Crippen LogP contribution in [0, 0.1) is 19.7 Å². The topological polar surface area (TPSA) is 86.9 Å². The molecule has 1 aromatic carbocycles. The standard InChI is InChI=1S/C13H17FN4O2S/c1-8-13(9(2)17-16-8)18-21(19,20)12-6-10(7-15-3)4-5-11(12)14/h4-6,15,18H,7H2,1-3H3,(H,16,17). The fourth-order valence-corrected chi connectivity index (χ4v) is 3.27. The van der Waals surface area contributed by atoms with Crippen molar-refractivity contribution in [2.24, 2.45) is 0 Å². The van der Waals surface area contributed by atoms with Gasteiger partial charge in [0.05, 0.1) is 17.1 Å². The predicted octanol–water partition coefficient (Wildman–Crippen LogP) is 1.69. The molecule has 0 aliphatic rings. The summed E-state index contributed by atoms with van der Waals surface area (Å²) in [4.78, 5) is -0.379. The highest BCUT2D eigenvalue weighted by atomic mass is 32.2. The summed E-state index contributed by atoms with van der Waals surface area (Å²) in [5, 5.41) is 9.48. The number of aromatic amines is 1. The molecule has 0 unspecified atom stereocenters. The molecule has 0 saturated carbocycles. The van der Waals surface area contributed by atoms with Crippen molar-refractivity contribution in [2.45, 2.75) is 25.3 Å². The molecule has 21 heavy (non-hydrogen) atoms. The van der Waals surface area contributed by atoms with E-state index in [9.17, 15) is 12.8 Å². The van der Waals surface area contributed by atoms with E-state index in [2.05, 4.69) is 20.2 Å². The van der Waals surface area contributed by atoms with Crippen molar-refractivity contribution in [3.63, 3.8) is 0 Å². The third-order valence-corrected chi connectivity index (χ3v) is 4.40. The zero-order valence-corrected chi connectivity index (χ0v) is 12.8. The number of nitrogens with one attached hydrogen (secondary N) is 3. The molecule has 0 bridgehead atoms. The molecule has 0 saturated heterocycles. The van der Waals surface area contributed by atoms with Crippen LogP contribution in [0.5, 0.6) is 0 Å². The van der Waals surface area contributed by atoms with E-state index in [4.69, 9.17) is 0 Å². The second-order valence-corrected chi connectivity index (χ2v) is 6.36. The summed E-state index contributed by atoms with van der Waals surface area (Å²) in [7, 11) is -2.28. The molecule has 0 spiro atoms. The highest BCUT2D eigenvalue weighted by molar-refractivity contribution is 7.92. The summed E-state index contributed by atoms with van der Waals surface area (Å²) in [5.41, 5.74) is 2.10. The zero-order chi connectivity index (χ0) is 15.6. The van der Waals surface area contributed by atoms with Gasteiger partial charge >= 0.3 is 0 Å². The van der Waals surface area contributed by atoms with Crippen LogP contribution in [0.4, 0.5) is 10.1 Å². The van der Waals surface area contributed by atoms with E-state index < -0.39 is 15.8 Å². The van der Waals surface area contributed by atoms with Gasteiger partial charge in [0.1, 0.15) is 10.7 Å². The minimum Gasteiger partial charge on any atom is -0.316 e. The first-order valence-electron chi connectivity index (χ1n) is 6.32. The Kier molecular flexibility index (Phi) is 4.29. The van der Waals surface area contributed by atoms with Crippen LogP contribution in [0.2, 0.25) is 0 Å². The number of H-pyrrole nitrogens is 1. The molecule has 0 atom stereocenters. The van der Waals surface area contributed by atoms with Gasteiger partial charge in [-0.2, -0.15) is 5.10 Å².